The van der Waals surface area contributed by atoms with E-state index >= 15 is 0 Å². The van der Waals surface area contributed by atoms with E-state index in [0.717, 1.165) is 21.3 Å². The molecule has 0 aliphatic rings. The summed E-state index contributed by atoms with van der Waals surface area (Å²) in [6, 6.07) is 5.86. The van der Waals surface area contributed by atoms with Crippen LogP contribution in [0.4, 0.5) is 0 Å². The van der Waals surface area contributed by atoms with Gasteiger partial charge in [-0.1, -0.05) is 15.9 Å². The Kier molecular flexibility index (Phi) is 4.47. The van der Waals surface area contributed by atoms with Crippen LogP contribution < -0.4 is 0 Å². The molecule has 0 unspecified atom stereocenters. The number of nitrogens with zero attached hydrogens (tertiary/aromatic N) is 3. The first kappa shape index (κ1) is 14.3. The zero-order chi connectivity index (χ0) is 14.0. The molecule has 1 amide bonds. The first-order valence-corrected chi connectivity index (χ1v) is 7.26. The van der Waals surface area contributed by atoms with Crippen molar-refractivity contribution in [3.05, 3.63) is 28.5 Å². The summed E-state index contributed by atoms with van der Waals surface area (Å²) in [5, 5.41) is 0. The highest BCUT2D eigenvalue weighted by Gasteiger charge is 2.14. The first-order chi connectivity index (χ1) is 9.02. The normalized spacial score (nSPS) is 10.9. The van der Waals surface area contributed by atoms with Crippen molar-refractivity contribution in [2.45, 2.75) is 13.0 Å². The van der Waals surface area contributed by atoms with E-state index in [1.54, 1.807) is 19.0 Å². The van der Waals surface area contributed by atoms with Gasteiger partial charge in [0.1, 0.15) is 12.4 Å². The fourth-order valence-electron chi connectivity index (χ4n) is 1.87. The third kappa shape index (κ3) is 3.09. The van der Waals surface area contributed by atoms with E-state index in [1.807, 2.05) is 22.8 Å². The van der Waals surface area contributed by atoms with E-state index < -0.39 is 0 Å². The molecule has 0 atom stereocenters. The predicted octanol–water partition coefficient (Wildman–Crippen LogP) is 2.67. The molecule has 1 aromatic heterocycles. The summed E-state index contributed by atoms with van der Waals surface area (Å²) in [5.41, 5.74) is 1.83. The predicted molar refractivity (Wildman–Crippen MR) is 80.6 cm³/mol. The Bertz CT molecular complexity index is 609. The molecule has 0 aliphatic heterocycles. The molecule has 0 spiro atoms. The highest BCUT2D eigenvalue weighted by Crippen LogP contribution is 2.21. The third-order valence-electron chi connectivity index (χ3n) is 2.90. The van der Waals surface area contributed by atoms with Crippen LogP contribution in [-0.2, 0) is 17.8 Å². The van der Waals surface area contributed by atoms with Crippen LogP contribution in [0.2, 0.25) is 0 Å². The number of fused-ring (bicyclic) bond motifs is 1. The summed E-state index contributed by atoms with van der Waals surface area (Å²) in [6.07, 6.45) is 0.647. The van der Waals surface area contributed by atoms with Crippen LogP contribution >= 0.6 is 27.5 Å². The van der Waals surface area contributed by atoms with Crippen molar-refractivity contribution in [2.24, 2.45) is 0 Å². The van der Waals surface area contributed by atoms with E-state index in [-0.39, 0.29) is 12.5 Å². The lowest BCUT2D eigenvalue weighted by Crippen LogP contribution is -2.27. The average molecular weight is 345 g/mol. The molecule has 0 aliphatic carbocycles. The number of hydrogen-bond acceptors (Lipinski definition) is 2. The van der Waals surface area contributed by atoms with Gasteiger partial charge in [-0.2, -0.15) is 0 Å². The maximum Gasteiger partial charge on any atom is 0.242 e. The number of imidazole rings is 1. The highest BCUT2D eigenvalue weighted by molar-refractivity contribution is 9.10. The highest BCUT2D eigenvalue weighted by atomic mass is 79.9. The van der Waals surface area contributed by atoms with Crippen molar-refractivity contribution < 1.29 is 4.79 Å². The van der Waals surface area contributed by atoms with Crippen molar-refractivity contribution >= 4 is 44.5 Å². The molecule has 1 aromatic carbocycles. The number of benzene rings is 1. The molecule has 2 rings (SSSR count). The Balaban J connectivity index is 2.50. The maximum atomic E-state index is 11.9. The summed E-state index contributed by atoms with van der Waals surface area (Å²) in [6.45, 7) is 0.284. The smallest absolute Gasteiger partial charge is 0.242 e. The lowest BCUT2D eigenvalue weighted by molar-refractivity contribution is -0.129. The van der Waals surface area contributed by atoms with Crippen molar-refractivity contribution in [3.63, 3.8) is 0 Å². The largest absolute Gasteiger partial charge is 0.347 e. The number of amides is 1. The van der Waals surface area contributed by atoms with Crippen LogP contribution in [-0.4, -0.2) is 40.3 Å². The van der Waals surface area contributed by atoms with Crippen LogP contribution in [0.5, 0.6) is 0 Å². The number of carbonyl (C=O) groups excluding carboxylic acids is 1. The maximum absolute atomic E-state index is 11.9. The zero-order valence-corrected chi connectivity index (χ0v) is 13.2. The van der Waals surface area contributed by atoms with Gasteiger partial charge in [0.05, 0.1) is 11.0 Å². The van der Waals surface area contributed by atoms with Crippen LogP contribution in [0.15, 0.2) is 22.7 Å². The lowest BCUT2D eigenvalue weighted by Gasteiger charge is -2.13. The van der Waals surface area contributed by atoms with E-state index in [1.165, 1.54) is 0 Å². The molecule has 4 nitrogen and oxygen atoms in total. The standard InChI is InChI=1S/C13H15BrClN3O/c1-17(2)13(19)8-18-11-7-9(14)3-4-10(11)16-12(18)5-6-15/h3-4,7H,5-6,8H2,1-2H3. The van der Waals surface area contributed by atoms with E-state index in [0.29, 0.717) is 12.3 Å². The van der Waals surface area contributed by atoms with E-state index in [9.17, 15) is 4.79 Å². The second-order valence-electron chi connectivity index (χ2n) is 4.47. The van der Waals surface area contributed by atoms with Crippen molar-refractivity contribution in [2.75, 3.05) is 20.0 Å². The van der Waals surface area contributed by atoms with Gasteiger partial charge in [0.15, 0.2) is 0 Å². The number of aryl methyl sites for hydroxylation is 1. The molecule has 102 valence electrons. The van der Waals surface area contributed by atoms with Gasteiger partial charge in [0.25, 0.3) is 0 Å². The number of carbonyl (C=O) groups is 1. The molecule has 0 radical (unpaired) electrons. The van der Waals surface area contributed by atoms with Gasteiger partial charge < -0.3 is 9.47 Å². The van der Waals surface area contributed by atoms with Gasteiger partial charge >= 0.3 is 0 Å². The van der Waals surface area contributed by atoms with Crippen molar-refractivity contribution in [3.8, 4) is 0 Å². The molecule has 0 saturated heterocycles. The topological polar surface area (TPSA) is 38.1 Å². The Morgan fingerprint density at radius 3 is 2.84 bits per heavy atom. The van der Waals surface area contributed by atoms with Crippen LogP contribution in [0.1, 0.15) is 5.82 Å². The summed E-state index contributed by atoms with van der Waals surface area (Å²) in [7, 11) is 3.50. The molecule has 2 aromatic rings. The Morgan fingerprint density at radius 1 is 1.47 bits per heavy atom. The molecule has 19 heavy (non-hydrogen) atoms. The van der Waals surface area contributed by atoms with Gasteiger partial charge in [-0.05, 0) is 18.2 Å². The Morgan fingerprint density at radius 2 is 2.21 bits per heavy atom. The monoisotopic (exact) mass is 343 g/mol. The minimum Gasteiger partial charge on any atom is -0.347 e. The first-order valence-electron chi connectivity index (χ1n) is 5.93. The summed E-state index contributed by atoms with van der Waals surface area (Å²) in [4.78, 5) is 18.0. The molecule has 1 heterocycles. The van der Waals surface area contributed by atoms with Crippen molar-refractivity contribution in [1.29, 1.82) is 0 Å². The van der Waals surface area contributed by atoms with Gasteiger partial charge in [0, 0.05) is 30.9 Å². The second-order valence-corrected chi connectivity index (χ2v) is 5.77. The van der Waals surface area contributed by atoms with E-state index in [2.05, 4.69) is 20.9 Å². The summed E-state index contributed by atoms with van der Waals surface area (Å²) in [5.74, 6) is 1.37. The third-order valence-corrected chi connectivity index (χ3v) is 3.58. The zero-order valence-electron chi connectivity index (χ0n) is 10.9. The van der Waals surface area contributed by atoms with Crippen molar-refractivity contribution in [1.82, 2.24) is 14.5 Å². The average Bonchev–Trinajstić information content (AvgIpc) is 2.68. The lowest BCUT2D eigenvalue weighted by atomic mass is 10.3. The molecule has 0 saturated carbocycles. The molecular weight excluding hydrogens is 330 g/mol. The summed E-state index contributed by atoms with van der Waals surface area (Å²) >= 11 is 9.26. The number of alkyl halides is 1. The number of halogens is 2. The fraction of sp³-hybridized carbons (Fsp3) is 0.385. The summed E-state index contributed by atoms with van der Waals surface area (Å²) < 4.78 is 2.90. The molecule has 0 fully saturated rings. The van der Waals surface area contributed by atoms with Gasteiger partial charge in [0.2, 0.25) is 5.91 Å². The van der Waals surface area contributed by atoms with Gasteiger partial charge in [-0.3, -0.25) is 4.79 Å². The number of hydrogen-bond donors (Lipinski definition) is 0. The Labute approximate surface area is 125 Å². The molecule has 6 heteroatoms. The van der Waals surface area contributed by atoms with Gasteiger partial charge in [-0.15, -0.1) is 11.6 Å². The fourth-order valence-corrected chi connectivity index (χ4v) is 2.39. The van der Waals surface area contributed by atoms with Crippen LogP contribution in [0, 0.1) is 0 Å². The van der Waals surface area contributed by atoms with Crippen LogP contribution in [0.3, 0.4) is 0 Å². The van der Waals surface area contributed by atoms with Crippen LogP contribution in [0.25, 0.3) is 11.0 Å². The minimum absolute atomic E-state index is 0.0371. The van der Waals surface area contributed by atoms with Gasteiger partial charge in [-0.25, -0.2) is 4.98 Å². The Hall–Kier alpha value is -1.07. The quantitative estimate of drug-likeness (QED) is 0.800. The number of rotatable bonds is 4. The molecule has 0 N–H and O–H groups in total. The minimum atomic E-state index is 0.0371. The molecular formula is C13H15BrClN3O. The number of aromatic nitrogens is 2. The number of likely N-dealkylation sites (N-methyl/N-ethyl adjacent to an activating group) is 1. The second kappa shape index (κ2) is 5.92. The van der Waals surface area contributed by atoms with E-state index in [4.69, 9.17) is 11.6 Å². The SMILES string of the molecule is CN(C)C(=O)Cn1c(CCCl)nc2ccc(Br)cc21. The molecule has 0 bridgehead atoms.